The predicted molar refractivity (Wildman–Crippen MR) is 79.2 cm³/mol. The molecule has 0 radical (unpaired) electrons. The molecule has 110 valence electrons. The van der Waals surface area contributed by atoms with Crippen molar-refractivity contribution in [2.24, 2.45) is 0 Å². The monoisotopic (exact) mass is 355 g/mol. The lowest BCUT2D eigenvalue weighted by Crippen LogP contribution is -2.32. The van der Waals surface area contributed by atoms with Crippen LogP contribution in [-0.2, 0) is 9.05 Å². The lowest BCUT2D eigenvalue weighted by atomic mass is 10.2. The van der Waals surface area contributed by atoms with Gasteiger partial charge in [0.1, 0.15) is 4.90 Å². The molecule has 0 unspecified atom stereocenters. The van der Waals surface area contributed by atoms with Gasteiger partial charge < -0.3 is 5.32 Å². The molecule has 1 fully saturated rings. The van der Waals surface area contributed by atoms with Crippen molar-refractivity contribution in [1.82, 2.24) is 5.32 Å². The highest BCUT2D eigenvalue weighted by molar-refractivity contribution is 8.13. The molecule has 1 aliphatic rings. The van der Waals surface area contributed by atoms with Crippen molar-refractivity contribution in [3.05, 3.63) is 27.7 Å². The summed E-state index contributed by atoms with van der Waals surface area (Å²) < 4.78 is 22.8. The molecule has 1 aromatic rings. The van der Waals surface area contributed by atoms with Crippen molar-refractivity contribution in [2.75, 3.05) is 0 Å². The van der Waals surface area contributed by atoms with Gasteiger partial charge in [0.15, 0.2) is 0 Å². The van der Waals surface area contributed by atoms with E-state index in [0.29, 0.717) is 0 Å². The van der Waals surface area contributed by atoms with E-state index in [1.165, 1.54) is 6.07 Å². The lowest BCUT2D eigenvalue weighted by molar-refractivity contribution is 0.0937. The van der Waals surface area contributed by atoms with Crippen molar-refractivity contribution in [3.8, 4) is 0 Å². The molecule has 0 atom stereocenters. The Balaban J connectivity index is 2.32. The summed E-state index contributed by atoms with van der Waals surface area (Å²) in [6.07, 6.45) is 4.00. The van der Waals surface area contributed by atoms with Gasteiger partial charge in [-0.05, 0) is 25.0 Å². The summed E-state index contributed by atoms with van der Waals surface area (Å²) in [6.45, 7) is 0. The molecule has 1 aliphatic carbocycles. The number of benzene rings is 1. The van der Waals surface area contributed by atoms with Gasteiger partial charge in [0.25, 0.3) is 15.0 Å². The summed E-state index contributed by atoms with van der Waals surface area (Å²) in [5, 5.41) is 2.64. The molecule has 0 saturated heterocycles. The summed E-state index contributed by atoms with van der Waals surface area (Å²) in [5.41, 5.74) is 0.130. The molecule has 0 aliphatic heterocycles. The van der Waals surface area contributed by atoms with Crippen LogP contribution < -0.4 is 5.32 Å². The average molecular weight is 357 g/mol. The smallest absolute Gasteiger partial charge is 0.262 e. The van der Waals surface area contributed by atoms with E-state index in [1.807, 2.05) is 0 Å². The Hall–Kier alpha value is -0.490. The summed E-state index contributed by atoms with van der Waals surface area (Å²) in [5.74, 6) is -0.378. The van der Waals surface area contributed by atoms with Gasteiger partial charge in [-0.2, -0.15) is 0 Å². The van der Waals surface area contributed by atoms with E-state index in [9.17, 15) is 13.2 Å². The number of halogens is 3. The topological polar surface area (TPSA) is 63.2 Å². The second kappa shape index (κ2) is 6.10. The Morgan fingerprint density at radius 3 is 2.35 bits per heavy atom. The Labute approximate surface area is 131 Å². The fraction of sp³-hybridized carbons (Fsp3) is 0.417. The van der Waals surface area contributed by atoms with Crippen LogP contribution in [0.4, 0.5) is 0 Å². The molecular weight excluding hydrogens is 345 g/mol. The van der Waals surface area contributed by atoms with Crippen LogP contribution in [0.1, 0.15) is 36.0 Å². The van der Waals surface area contributed by atoms with Crippen LogP contribution in [0, 0.1) is 0 Å². The van der Waals surface area contributed by atoms with Crippen LogP contribution in [0.25, 0.3) is 0 Å². The Bertz CT molecular complexity index is 640. The number of amides is 1. The van der Waals surface area contributed by atoms with Gasteiger partial charge in [-0.15, -0.1) is 0 Å². The number of hydrogen-bond acceptors (Lipinski definition) is 3. The number of carbonyl (C=O) groups is 1. The van der Waals surface area contributed by atoms with E-state index in [1.54, 1.807) is 0 Å². The van der Waals surface area contributed by atoms with Gasteiger partial charge >= 0.3 is 0 Å². The first-order chi connectivity index (χ1) is 9.29. The maximum Gasteiger partial charge on any atom is 0.262 e. The molecule has 0 heterocycles. The van der Waals surface area contributed by atoms with Crippen molar-refractivity contribution in [3.63, 3.8) is 0 Å². The van der Waals surface area contributed by atoms with Crippen molar-refractivity contribution >= 4 is 48.8 Å². The number of carbonyl (C=O) groups excluding carboxylic acids is 1. The minimum atomic E-state index is -4.06. The molecule has 0 spiro atoms. The first kappa shape index (κ1) is 15.9. The Morgan fingerprint density at radius 2 is 1.80 bits per heavy atom. The number of rotatable bonds is 3. The molecule has 1 N–H and O–H groups in total. The van der Waals surface area contributed by atoms with E-state index < -0.39 is 9.05 Å². The zero-order chi connectivity index (χ0) is 14.9. The van der Waals surface area contributed by atoms with Crippen LogP contribution >= 0.6 is 33.9 Å². The Morgan fingerprint density at radius 1 is 1.20 bits per heavy atom. The van der Waals surface area contributed by atoms with E-state index in [0.717, 1.165) is 31.7 Å². The van der Waals surface area contributed by atoms with Crippen LogP contribution in [0.2, 0.25) is 10.0 Å². The van der Waals surface area contributed by atoms with Gasteiger partial charge in [0.05, 0.1) is 10.0 Å². The van der Waals surface area contributed by atoms with Gasteiger partial charge in [0.2, 0.25) is 0 Å². The van der Waals surface area contributed by atoms with Gasteiger partial charge in [0, 0.05) is 22.3 Å². The highest BCUT2D eigenvalue weighted by atomic mass is 35.7. The fourth-order valence-corrected chi connectivity index (χ4v) is 3.98. The quantitative estimate of drug-likeness (QED) is 0.842. The molecular formula is C12H12Cl3NO3S. The van der Waals surface area contributed by atoms with E-state index in [4.69, 9.17) is 33.9 Å². The minimum Gasteiger partial charge on any atom is -0.349 e. The largest absolute Gasteiger partial charge is 0.349 e. The zero-order valence-electron chi connectivity index (χ0n) is 10.3. The normalized spacial score (nSPS) is 16.4. The summed E-state index contributed by atoms with van der Waals surface area (Å²) >= 11 is 11.6. The predicted octanol–water partition coefficient (Wildman–Crippen LogP) is 3.59. The summed E-state index contributed by atoms with van der Waals surface area (Å²) in [4.78, 5) is 11.7. The summed E-state index contributed by atoms with van der Waals surface area (Å²) in [6, 6.07) is 2.59. The second-order valence-corrected chi connectivity index (χ2v) is 7.98. The van der Waals surface area contributed by atoms with Crippen LogP contribution in [-0.4, -0.2) is 20.4 Å². The molecule has 4 nitrogen and oxygen atoms in total. The minimum absolute atomic E-state index is 0.0232. The van der Waals surface area contributed by atoms with Gasteiger partial charge in [-0.3, -0.25) is 4.79 Å². The molecule has 0 bridgehead atoms. The summed E-state index contributed by atoms with van der Waals surface area (Å²) in [7, 11) is 1.22. The second-order valence-electron chi connectivity index (χ2n) is 4.66. The zero-order valence-corrected chi connectivity index (χ0v) is 13.4. The van der Waals surface area contributed by atoms with Crippen molar-refractivity contribution < 1.29 is 13.2 Å². The lowest BCUT2D eigenvalue weighted by Gasteiger charge is -2.13. The maximum atomic E-state index is 12.1. The average Bonchev–Trinajstić information content (AvgIpc) is 2.83. The van der Waals surface area contributed by atoms with Crippen molar-refractivity contribution in [1.29, 1.82) is 0 Å². The van der Waals surface area contributed by atoms with Crippen LogP contribution in [0.15, 0.2) is 17.0 Å². The first-order valence-electron chi connectivity index (χ1n) is 6.03. The fourth-order valence-electron chi connectivity index (χ4n) is 2.21. The van der Waals surface area contributed by atoms with E-state index in [2.05, 4.69) is 5.32 Å². The molecule has 1 saturated carbocycles. The number of hydrogen-bond donors (Lipinski definition) is 1. The first-order valence-corrected chi connectivity index (χ1v) is 9.10. The highest BCUT2D eigenvalue weighted by Gasteiger charge is 2.23. The standard InChI is InChI=1S/C12H12Cl3NO3S/c13-9-5-7(6-10(11(9)14)20(15,18)19)12(17)16-8-3-1-2-4-8/h5-6,8H,1-4H2,(H,16,17). The molecule has 8 heteroatoms. The maximum absolute atomic E-state index is 12.1. The van der Waals surface area contributed by atoms with Crippen molar-refractivity contribution in [2.45, 2.75) is 36.6 Å². The third-order valence-corrected chi connectivity index (χ3v) is 5.47. The SMILES string of the molecule is O=C(NC1CCCC1)c1cc(Cl)c(Cl)c(S(=O)(=O)Cl)c1. The molecule has 0 aromatic heterocycles. The van der Waals surface area contributed by atoms with E-state index in [-0.39, 0.29) is 32.5 Å². The van der Waals surface area contributed by atoms with E-state index >= 15 is 0 Å². The highest BCUT2D eigenvalue weighted by Crippen LogP contribution is 2.33. The third-order valence-electron chi connectivity index (χ3n) is 3.21. The van der Waals surface area contributed by atoms with Gasteiger partial charge in [-0.25, -0.2) is 8.42 Å². The third kappa shape index (κ3) is 3.58. The Kier molecular flexibility index (Phi) is 4.84. The molecule has 1 aromatic carbocycles. The van der Waals surface area contributed by atoms with Crippen LogP contribution in [0.3, 0.4) is 0 Å². The van der Waals surface area contributed by atoms with Crippen LogP contribution in [0.5, 0.6) is 0 Å². The molecule has 20 heavy (non-hydrogen) atoms. The van der Waals surface area contributed by atoms with Gasteiger partial charge in [-0.1, -0.05) is 36.0 Å². The molecule has 2 rings (SSSR count). The number of nitrogens with one attached hydrogen (secondary N) is 1. The molecule has 1 amide bonds.